The molecule has 0 saturated carbocycles. The molecule has 0 aromatic heterocycles. The van der Waals surface area contributed by atoms with E-state index in [1.54, 1.807) is 0 Å². The summed E-state index contributed by atoms with van der Waals surface area (Å²) in [4.78, 5) is 0. The van der Waals surface area contributed by atoms with Crippen molar-refractivity contribution in [3.05, 3.63) is 119 Å². The summed E-state index contributed by atoms with van der Waals surface area (Å²) in [6.45, 7) is 29.3. The third kappa shape index (κ3) is 6.56. The molecule has 41 heavy (non-hydrogen) atoms. The van der Waals surface area contributed by atoms with Crippen LogP contribution in [0.5, 0.6) is 0 Å². The molecule has 0 amide bonds. The van der Waals surface area contributed by atoms with Gasteiger partial charge in [-0.15, -0.1) is 0 Å². The Morgan fingerprint density at radius 2 is 0.415 bits per heavy atom. The second-order valence-electron chi connectivity index (χ2n) is 16.1. The van der Waals surface area contributed by atoms with Gasteiger partial charge < -0.3 is 0 Å². The molecule has 4 rings (SSSR count). The molecule has 0 atom stereocenters. The highest BCUT2D eigenvalue weighted by atomic mass is 28.3. The van der Waals surface area contributed by atoms with Crippen LogP contribution in [0.4, 0.5) is 0 Å². The van der Waals surface area contributed by atoms with Gasteiger partial charge in [-0.2, -0.15) is 0 Å². The molecule has 216 valence electrons. The van der Waals surface area contributed by atoms with E-state index < -0.39 is 37.7 Å². The molecule has 0 aliphatic rings. The summed E-state index contributed by atoms with van der Waals surface area (Å²) in [6, 6.07) is 38.8. The van der Waals surface area contributed by atoms with Gasteiger partial charge in [-0.25, -0.2) is 0 Å². The van der Waals surface area contributed by atoms with Gasteiger partial charge in [0, 0.05) is 0 Å². The zero-order valence-electron chi connectivity index (χ0n) is 27.7. The van der Waals surface area contributed by atoms with E-state index in [0.29, 0.717) is 0 Å². The van der Waals surface area contributed by atoms with E-state index in [2.05, 4.69) is 176 Å². The second-order valence-corrected chi connectivity index (χ2v) is 36.4. The summed E-state index contributed by atoms with van der Waals surface area (Å²) < 4.78 is 0. The van der Waals surface area contributed by atoms with E-state index in [9.17, 15) is 0 Å². The topological polar surface area (TPSA) is 0 Å². The molecule has 4 heteroatoms. The van der Waals surface area contributed by atoms with Crippen molar-refractivity contribution in [2.75, 3.05) is 0 Å². The Balaban J connectivity index is 2.09. The molecule has 0 bridgehead atoms. The minimum atomic E-state index is -1.42. The van der Waals surface area contributed by atoms with Crippen molar-refractivity contribution in [3.8, 4) is 0 Å². The lowest BCUT2D eigenvalue weighted by molar-refractivity contribution is 0.746. The minimum absolute atomic E-state index is 0.397. The molecule has 4 aromatic rings. The summed E-state index contributed by atoms with van der Waals surface area (Å²) in [6.07, 6.45) is 0. The van der Waals surface area contributed by atoms with Crippen molar-refractivity contribution in [1.29, 1.82) is 0 Å². The minimum Gasteiger partial charge on any atom is -0.0656 e. The first-order valence-corrected chi connectivity index (χ1v) is 29.3. The SMILES string of the molecule is C[Si](C)(C)c1ccc(C(c2ccc([Si](C)(C)C)cc2)(c2ccc([Si](C)(C)C)cc2)c2ccc([Si](C)(C)C)cc2)cc1. The maximum absolute atomic E-state index is 2.44. The third-order valence-electron chi connectivity index (χ3n) is 8.74. The van der Waals surface area contributed by atoms with E-state index in [1.165, 1.54) is 43.0 Å². The molecule has 4 aromatic carbocycles. The molecule has 0 nitrogen and oxygen atoms in total. The van der Waals surface area contributed by atoms with E-state index in [0.717, 1.165) is 0 Å². The molecule has 0 radical (unpaired) electrons. The molecule has 0 spiro atoms. The smallest absolute Gasteiger partial charge is 0.0656 e. The first-order valence-electron chi connectivity index (χ1n) is 15.3. The zero-order chi connectivity index (χ0) is 30.4. The predicted molar refractivity (Wildman–Crippen MR) is 197 cm³/mol. The molecule has 0 N–H and O–H groups in total. The number of benzene rings is 4. The van der Waals surface area contributed by atoms with Crippen LogP contribution in [0.15, 0.2) is 97.1 Å². The fraction of sp³-hybridized carbons (Fsp3) is 0.351. The first kappa shape index (κ1) is 31.7. The highest BCUT2D eigenvalue weighted by Gasteiger charge is 2.39. The number of hydrogen-bond acceptors (Lipinski definition) is 0. The monoisotopic (exact) mass is 608 g/mol. The van der Waals surface area contributed by atoms with Crippen LogP contribution in [-0.2, 0) is 5.41 Å². The quantitative estimate of drug-likeness (QED) is 0.140. The summed E-state index contributed by atoms with van der Waals surface area (Å²) in [5.74, 6) is 0. The van der Waals surface area contributed by atoms with Crippen LogP contribution in [0.3, 0.4) is 0 Å². The van der Waals surface area contributed by atoms with Gasteiger partial charge in [0.05, 0.1) is 37.7 Å². The van der Waals surface area contributed by atoms with Crippen molar-refractivity contribution in [1.82, 2.24) is 0 Å². The standard InChI is InChI=1S/C37H52Si4/c1-38(2,3)33-21-13-29(14-22-33)37(30-15-23-34(24-16-30)39(4,5)6,31-17-25-35(26-18-31)40(7,8)9)32-19-27-36(28-20-32)41(10,11)12/h13-28H,1-12H3. The molecule has 0 saturated heterocycles. The van der Waals surface area contributed by atoms with E-state index in [1.807, 2.05) is 0 Å². The Labute approximate surface area is 255 Å². The number of hydrogen-bond donors (Lipinski definition) is 0. The van der Waals surface area contributed by atoms with Crippen LogP contribution in [0.1, 0.15) is 22.3 Å². The maximum atomic E-state index is 2.44. The molecule has 0 aliphatic heterocycles. The first-order chi connectivity index (χ1) is 18.8. The van der Waals surface area contributed by atoms with Crippen LogP contribution >= 0.6 is 0 Å². The lowest BCUT2D eigenvalue weighted by atomic mass is 9.65. The van der Waals surface area contributed by atoms with Crippen molar-refractivity contribution < 1.29 is 0 Å². The molecular weight excluding hydrogens is 557 g/mol. The Hall–Kier alpha value is -2.25. The van der Waals surface area contributed by atoms with E-state index in [-0.39, 0.29) is 0 Å². The Bertz CT molecular complexity index is 1220. The fourth-order valence-electron chi connectivity index (χ4n) is 5.88. The van der Waals surface area contributed by atoms with Gasteiger partial charge in [0.1, 0.15) is 0 Å². The Kier molecular flexibility index (Phi) is 8.58. The molecule has 0 fully saturated rings. The van der Waals surface area contributed by atoms with Crippen LogP contribution in [0.2, 0.25) is 78.6 Å². The Morgan fingerprint density at radius 3 is 0.537 bits per heavy atom. The summed E-state index contributed by atoms with van der Waals surface area (Å²) in [5.41, 5.74) is 5.00. The zero-order valence-corrected chi connectivity index (χ0v) is 31.7. The summed E-state index contributed by atoms with van der Waals surface area (Å²) >= 11 is 0. The second kappa shape index (κ2) is 11.1. The lowest BCUT2D eigenvalue weighted by Gasteiger charge is -2.38. The van der Waals surface area contributed by atoms with Crippen molar-refractivity contribution in [3.63, 3.8) is 0 Å². The van der Waals surface area contributed by atoms with Gasteiger partial charge in [0.15, 0.2) is 0 Å². The van der Waals surface area contributed by atoms with Crippen LogP contribution < -0.4 is 20.7 Å². The highest BCUT2D eigenvalue weighted by molar-refractivity contribution is 6.90. The normalized spacial score (nSPS) is 13.4. The van der Waals surface area contributed by atoms with Gasteiger partial charge in [-0.05, 0) is 22.3 Å². The molecule has 0 unspecified atom stereocenters. The van der Waals surface area contributed by atoms with Gasteiger partial charge in [0.25, 0.3) is 0 Å². The van der Waals surface area contributed by atoms with Crippen LogP contribution in [0, 0.1) is 0 Å². The molecule has 0 heterocycles. The summed E-state index contributed by atoms with van der Waals surface area (Å²) in [7, 11) is -5.70. The largest absolute Gasteiger partial charge is 0.0775 e. The Morgan fingerprint density at radius 1 is 0.268 bits per heavy atom. The molecule has 0 aliphatic carbocycles. The fourth-order valence-corrected chi connectivity index (χ4v) is 10.5. The van der Waals surface area contributed by atoms with Crippen LogP contribution in [0.25, 0.3) is 0 Å². The maximum Gasteiger partial charge on any atom is 0.0775 e. The van der Waals surface area contributed by atoms with Crippen LogP contribution in [-0.4, -0.2) is 32.3 Å². The van der Waals surface area contributed by atoms with Gasteiger partial charge >= 0.3 is 0 Å². The predicted octanol–water partition coefficient (Wildman–Crippen LogP) is 8.25. The van der Waals surface area contributed by atoms with Gasteiger partial charge in [-0.3, -0.25) is 0 Å². The average molecular weight is 609 g/mol. The van der Waals surface area contributed by atoms with Crippen molar-refractivity contribution >= 4 is 53.0 Å². The lowest BCUT2D eigenvalue weighted by Crippen LogP contribution is -2.40. The third-order valence-corrected chi connectivity index (χ3v) is 17.0. The van der Waals surface area contributed by atoms with Gasteiger partial charge in [0.2, 0.25) is 0 Å². The van der Waals surface area contributed by atoms with Crippen molar-refractivity contribution in [2.24, 2.45) is 0 Å². The highest BCUT2D eigenvalue weighted by Crippen LogP contribution is 2.44. The summed E-state index contributed by atoms with van der Waals surface area (Å²) in [5, 5.41) is 6.03. The van der Waals surface area contributed by atoms with Crippen molar-refractivity contribution in [2.45, 2.75) is 84.0 Å². The van der Waals surface area contributed by atoms with E-state index in [4.69, 9.17) is 0 Å². The van der Waals surface area contributed by atoms with E-state index >= 15 is 0 Å². The average Bonchev–Trinajstić information content (AvgIpc) is 2.88. The molecular formula is C37H52Si4. The number of rotatable bonds is 8. The van der Waals surface area contributed by atoms with Gasteiger partial charge in [-0.1, -0.05) is 196 Å².